The molecular weight excluding hydrogens is 493 g/mol. The van der Waals surface area contributed by atoms with E-state index in [-0.39, 0.29) is 22.2 Å². The fraction of sp³-hybridized carbons (Fsp3) is 0.391. The van der Waals surface area contributed by atoms with Gasteiger partial charge in [0.15, 0.2) is 5.13 Å². The summed E-state index contributed by atoms with van der Waals surface area (Å²) in [5.41, 5.74) is 0.151. The third-order valence-corrected chi connectivity index (χ3v) is 8.10. The number of hydrogen-bond acceptors (Lipinski definition) is 8. The van der Waals surface area contributed by atoms with Gasteiger partial charge in [0.05, 0.1) is 46.2 Å². The number of thiazole rings is 1. The normalized spacial score (nSPS) is 14.1. The number of anilines is 2. The van der Waals surface area contributed by atoms with E-state index in [9.17, 15) is 17.6 Å². The molecule has 9 nitrogen and oxygen atoms in total. The Morgan fingerprint density at radius 1 is 1.23 bits per heavy atom. The minimum atomic E-state index is -3.45. The van der Waals surface area contributed by atoms with Crippen molar-refractivity contribution in [2.24, 2.45) is 0 Å². The van der Waals surface area contributed by atoms with Crippen LogP contribution in [0.25, 0.3) is 11.3 Å². The van der Waals surface area contributed by atoms with Crippen molar-refractivity contribution in [2.75, 3.05) is 10.0 Å². The van der Waals surface area contributed by atoms with Gasteiger partial charge >= 0.3 is 0 Å². The molecule has 12 heteroatoms. The van der Waals surface area contributed by atoms with Crippen LogP contribution in [0.2, 0.25) is 0 Å². The first-order valence-corrected chi connectivity index (χ1v) is 13.5. The number of nitrogens with one attached hydrogen (secondary N) is 2. The molecule has 2 heterocycles. The number of nitrogens with zero attached hydrogens (tertiary/aromatic N) is 3. The number of ether oxygens (including phenoxy) is 1. The van der Waals surface area contributed by atoms with Gasteiger partial charge in [0, 0.05) is 10.9 Å². The molecule has 0 spiro atoms. The van der Waals surface area contributed by atoms with Gasteiger partial charge in [-0.2, -0.15) is 0 Å². The number of sulfonamides is 1. The van der Waals surface area contributed by atoms with E-state index in [0.29, 0.717) is 35.7 Å². The van der Waals surface area contributed by atoms with Crippen molar-refractivity contribution in [1.29, 1.82) is 0 Å². The number of aromatic nitrogens is 3. The van der Waals surface area contributed by atoms with E-state index in [1.165, 1.54) is 24.5 Å². The minimum Gasteiger partial charge on any atom is -0.474 e. The maximum absolute atomic E-state index is 14.9. The van der Waals surface area contributed by atoms with Crippen LogP contribution >= 0.6 is 11.3 Å². The highest BCUT2D eigenvalue weighted by Crippen LogP contribution is 2.33. The lowest BCUT2D eigenvalue weighted by atomic mass is 9.89. The van der Waals surface area contributed by atoms with Crippen molar-refractivity contribution in [1.82, 2.24) is 15.0 Å². The first-order valence-electron chi connectivity index (χ1n) is 11.0. The maximum Gasteiger partial charge on any atom is 0.237 e. The third-order valence-electron chi connectivity index (χ3n) is 5.39. The Bertz CT molecular complexity index is 1350. The molecule has 35 heavy (non-hydrogen) atoms. The lowest BCUT2D eigenvalue weighted by Gasteiger charge is -2.22. The highest BCUT2D eigenvalue weighted by atomic mass is 32.2. The van der Waals surface area contributed by atoms with Crippen molar-refractivity contribution >= 4 is 38.1 Å². The van der Waals surface area contributed by atoms with Gasteiger partial charge in [-0.1, -0.05) is 6.07 Å². The quantitative estimate of drug-likeness (QED) is 0.431. The average Bonchev–Trinajstić information content (AvgIpc) is 3.55. The molecule has 0 radical (unpaired) electrons. The Morgan fingerprint density at radius 3 is 2.63 bits per heavy atom. The summed E-state index contributed by atoms with van der Waals surface area (Å²) in [5, 5.41) is 4.04. The van der Waals surface area contributed by atoms with E-state index in [4.69, 9.17) is 4.74 Å². The fourth-order valence-electron chi connectivity index (χ4n) is 3.15. The summed E-state index contributed by atoms with van der Waals surface area (Å²) in [6.07, 6.45) is 4.17. The van der Waals surface area contributed by atoms with Crippen molar-refractivity contribution in [3.8, 4) is 17.1 Å². The van der Waals surface area contributed by atoms with Crippen LogP contribution in [0, 0.1) is 5.82 Å². The van der Waals surface area contributed by atoms with Crippen molar-refractivity contribution in [2.45, 2.75) is 57.3 Å². The topological polar surface area (TPSA) is 123 Å². The molecule has 1 aliphatic rings. The molecule has 0 saturated heterocycles. The molecule has 0 aliphatic heterocycles. The molecule has 3 aromatic rings. The van der Waals surface area contributed by atoms with Crippen LogP contribution in [0.15, 0.2) is 36.0 Å². The molecule has 1 amide bonds. The summed E-state index contributed by atoms with van der Waals surface area (Å²) < 4.78 is 47.2. The molecule has 0 atom stereocenters. The van der Waals surface area contributed by atoms with E-state index in [0.717, 1.165) is 11.3 Å². The molecule has 2 N–H and O–H groups in total. The van der Waals surface area contributed by atoms with E-state index in [1.54, 1.807) is 25.3 Å². The molecule has 1 aromatic carbocycles. The molecule has 0 bridgehead atoms. The zero-order chi connectivity index (χ0) is 25.4. The van der Waals surface area contributed by atoms with Crippen LogP contribution in [-0.4, -0.2) is 40.6 Å². The van der Waals surface area contributed by atoms with Gasteiger partial charge in [0.1, 0.15) is 5.82 Å². The molecule has 1 aliphatic carbocycles. The first kappa shape index (κ1) is 25.0. The lowest BCUT2D eigenvalue weighted by molar-refractivity contribution is -0.120. The van der Waals surface area contributed by atoms with E-state index < -0.39 is 27.2 Å². The molecule has 4 rings (SSSR count). The molecular formula is C23H26FN5O4S2. The summed E-state index contributed by atoms with van der Waals surface area (Å²) in [7, 11) is -3.45. The molecule has 1 saturated carbocycles. The highest BCUT2D eigenvalue weighted by molar-refractivity contribution is 7.93. The molecule has 1 fully saturated rings. The number of benzene rings is 1. The Labute approximate surface area is 207 Å². The molecule has 2 aromatic heterocycles. The van der Waals surface area contributed by atoms with Crippen LogP contribution < -0.4 is 14.8 Å². The largest absolute Gasteiger partial charge is 0.474 e. The summed E-state index contributed by atoms with van der Waals surface area (Å²) in [4.78, 5) is 25.7. The van der Waals surface area contributed by atoms with Gasteiger partial charge in [-0.3, -0.25) is 14.5 Å². The second kappa shape index (κ2) is 9.50. The predicted molar refractivity (Wildman–Crippen MR) is 133 cm³/mol. The van der Waals surface area contributed by atoms with Crippen LogP contribution in [0.3, 0.4) is 0 Å². The zero-order valence-corrected chi connectivity index (χ0v) is 21.3. The van der Waals surface area contributed by atoms with E-state index in [2.05, 4.69) is 25.0 Å². The van der Waals surface area contributed by atoms with Crippen molar-refractivity contribution in [3.63, 3.8) is 0 Å². The van der Waals surface area contributed by atoms with E-state index in [1.807, 2.05) is 13.8 Å². The molecule has 186 valence electrons. The number of rotatable bonds is 9. The average molecular weight is 520 g/mol. The van der Waals surface area contributed by atoms with Gasteiger partial charge in [-0.15, -0.1) is 11.3 Å². The van der Waals surface area contributed by atoms with E-state index >= 15 is 0 Å². The number of carbonyl (C=O) groups is 1. The SMILES string of the molecule is CC(C)Oc1cncc(-c2ccc(NC(=O)C(C)(C)c3csc(NS(=O)(=O)C4CC4)n3)c(F)c2)n1. The minimum absolute atomic E-state index is 0.000687. The number of hydrogen-bond donors (Lipinski definition) is 2. The first-order chi connectivity index (χ1) is 16.5. The van der Waals surface area contributed by atoms with Crippen molar-refractivity contribution in [3.05, 3.63) is 47.5 Å². The second-order valence-electron chi connectivity index (χ2n) is 9.07. The lowest BCUT2D eigenvalue weighted by Crippen LogP contribution is -2.35. The van der Waals surface area contributed by atoms with Crippen molar-refractivity contribution < 1.29 is 22.3 Å². The standard InChI is InChI=1S/C23H26FN5O4S2/c1-13(2)33-20-11-25-10-18(26-20)14-5-8-17(16(24)9-14)27-21(30)23(3,4)19-12-34-22(28-19)29-35(31,32)15-6-7-15/h5,8-13,15H,6-7H2,1-4H3,(H,27,30)(H,28,29). The molecule has 0 unspecified atom stereocenters. The highest BCUT2D eigenvalue weighted by Gasteiger charge is 2.37. The van der Waals surface area contributed by atoms with Gasteiger partial charge in [-0.05, 0) is 52.7 Å². The Kier molecular flexibility index (Phi) is 6.78. The van der Waals surface area contributed by atoms with Gasteiger partial charge in [0.25, 0.3) is 0 Å². The number of halogens is 1. The zero-order valence-electron chi connectivity index (χ0n) is 19.7. The Morgan fingerprint density at radius 2 is 1.97 bits per heavy atom. The monoisotopic (exact) mass is 519 g/mol. The fourth-order valence-corrected chi connectivity index (χ4v) is 5.62. The van der Waals surface area contributed by atoms with Gasteiger partial charge < -0.3 is 10.1 Å². The smallest absolute Gasteiger partial charge is 0.237 e. The Balaban J connectivity index is 1.47. The number of amides is 1. The van der Waals surface area contributed by atoms with Crippen LogP contribution in [-0.2, 0) is 20.2 Å². The van der Waals surface area contributed by atoms with Gasteiger partial charge in [-0.25, -0.2) is 22.8 Å². The second-order valence-corrected chi connectivity index (χ2v) is 11.9. The third kappa shape index (κ3) is 5.76. The van der Waals surface area contributed by atoms with Crippen LogP contribution in [0.5, 0.6) is 5.88 Å². The van der Waals surface area contributed by atoms with Crippen LogP contribution in [0.4, 0.5) is 15.2 Å². The summed E-state index contributed by atoms with van der Waals surface area (Å²) in [6, 6.07) is 4.34. The summed E-state index contributed by atoms with van der Waals surface area (Å²) in [5.74, 6) is -0.794. The summed E-state index contributed by atoms with van der Waals surface area (Å²) >= 11 is 1.10. The predicted octanol–water partition coefficient (Wildman–Crippen LogP) is 4.35. The number of carbonyl (C=O) groups excluding carboxylic acids is 1. The summed E-state index contributed by atoms with van der Waals surface area (Å²) in [6.45, 7) is 7.01. The van der Waals surface area contributed by atoms with Crippen LogP contribution in [0.1, 0.15) is 46.2 Å². The maximum atomic E-state index is 14.9. The Hall–Kier alpha value is -3.12. The van der Waals surface area contributed by atoms with Gasteiger partial charge in [0.2, 0.25) is 21.8 Å².